The van der Waals surface area contributed by atoms with Gasteiger partial charge in [-0.15, -0.1) is 11.3 Å². The highest BCUT2D eigenvalue weighted by molar-refractivity contribution is 7.12. The molecule has 1 fully saturated rings. The largest absolute Gasteiger partial charge is 0.342 e. The molecule has 4 aromatic rings. The van der Waals surface area contributed by atoms with Crippen LogP contribution in [0.3, 0.4) is 0 Å². The van der Waals surface area contributed by atoms with E-state index in [1.165, 1.54) is 11.3 Å². The molecule has 3 amide bonds. The molecular formula is C27H25N5O3S. The molecule has 36 heavy (non-hydrogen) atoms. The third-order valence-corrected chi connectivity index (χ3v) is 7.30. The Balaban J connectivity index is 1.45. The van der Waals surface area contributed by atoms with E-state index in [2.05, 4.69) is 15.5 Å². The van der Waals surface area contributed by atoms with Crippen LogP contribution in [-0.2, 0) is 4.79 Å². The maximum atomic E-state index is 13.2. The Labute approximate surface area is 212 Å². The summed E-state index contributed by atoms with van der Waals surface area (Å²) in [6.07, 6.45) is 4.59. The summed E-state index contributed by atoms with van der Waals surface area (Å²) >= 11 is 1.38. The second-order valence-electron chi connectivity index (χ2n) is 8.61. The summed E-state index contributed by atoms with van der Waals surface area (Å²) in [5, 5.41) is 13.3. The van der Waals surface area contributed by atoms with Crippen molar-refractivity contribution in [3.8, 4) is 0 Å². The molecule has 1 aliphatic heterocycles. The number of hydrogen-bond acceptors (Lipinski definition) is 5. The summed E-state index contributed by atoms with van der Waals surface area (Å²) in [6.45, 7) is 3.86. The Morgan fingerprint density at radius 3 is 2.61 bits per heavy atom. The number of para-hydroxylation sites is 1. The Kier molecular flexibility index (Phi) is 6.64. The Hall–Kier alpha value is -4.24. The van der Waals surface area contributed by atoms with Crippen LogP contribution in [0.5, 0.6) is 0 Å². The van der Waals surface area contributed by atoms with Crippen LogP contribution in [0, 0.1) is 6.92 Å². The number of aryl methyl sites for hydroxylation is 1. The van der Waals surface area contributed by atoms with Gasteiger partial charge in [0.15, 0.2) is 0 Å². The number of aromatic amines is 1. The van der Waals surface area contributed by atoms with Gasteiger partial charge in [-0.2, -0.15) is 5.10 Å². The summed E-state index contributed by atoms with van der Waals surface area (Å²) in [6, 6.07) is 15.1. The molecule has 1 saturated heterocycles. The number of carbonyl (C=O) groups excluding carboxylic acids is 3. The highest BCUT2D eigenvalue weighted by Crippen LogP contribution is 2.25. The second-order valence-corrected chi connectivity index (χ2v) is 9.53. The van der Waals surface area contributed by atoms with Crippen molar-refractivity contribution in [1.29, 1.82) is 0 Å². The van der Waals surface area contributed by atoms with E-state index in [1.807, 2.05) is 60.9 Å². The molecule has 0 spiro atoms. The number of carbonyl (C=O) groups is 3. The third-order valence-electron chi connectivity index (χ3n) is 6.29. The summed E-state index contributed by atoms with van der Waals surface area (Å²) < 4.78 is 0. The number of fused-ring (bicyclic) bond motifs is 1. The van der Waals surface area contributed by atoms with Crippen molar-refractivity contribution < 1.29 is 14.4 Å². The Bertz CT molecular complexity index is 1460. The van der Waals surface area contributed by atoms with E-state index >= 15 is 0 Å². The topological polar surface area (TPSA) is 98.4 Å². The van der Waals surface area contributed by atoms with E-state index in [9.17, 15) is 14.4 Å². The molecule has 0 atom stereocenters. The van der Waals surface area contributed by atoms with Crippen LogP contribution in [0.15, 0.2) is 53.9 Å². The van der Waals surface area contributed by atoms with E-state index in [0.717, 1.165) is 34.1 Å². The first-order chi connectivity index (χ1) is 17.5. The predicted octanol–water partition coefficient (Wildman–Crippen LogP) is 4.27. The summed E-state index contributed by atoms with van der Waals surface area (Å²) in [5.74, 6) is -0.344. The van der Waals surface area contributed by atoms with Crippen molar-refractivity contribution in [1.82, 2.24) is 20.0 Å². The van der Waals surface area contributed by atoms with E-state index in [0.29, 0.717) is 42.3 Å². The van der Waals surface area contributed by atoms with E-state index in [1.54, 1.807) is 21.9 Å². The van der Waals surface area contributed by atoms with Crippen LogP contribution in [-0.4, -0.2) is 64.4 Å². The number of rotatable bonds is 6. The number of piperazine rings is 1. The number of benzene rings is 2. The van der Waals surface area contributed by atoms with Crippen molar-refractivity contribution >= 4 is 58.3 Å². The molecule has 0 radical (unpaired) electrons. The van der Waals surface area contributed by atoms with Crippen LogP contribution in [0.4, 0.5) is 5.69 Å². The van der Waals surface area contributed by atoms with Gasteiger partial charge in [-0.3, -0.25) is 19.5 Å². The molecule has 0 unspecified atom stereocenters. The monoisotopic (exact) mass is 499 g/mol. The SMILES string of the molecule is Cc1ccsc1C(=O)Nc1cc(C(=O)N2CCN(C=O)CC2)ccc1C=Cc1n[nH]c2ccccc12. The minimum atomic E-state index is -0.216. The zero-order chi connectivity index (χ0) is 25.1. The van der Waals surface area contributed by atoms with Crippen LogP contribution in [0.25, 0.3) is 23.1 Å². The lowest BCUT2D eigenvalue weighted by Gasteiger charge is -2.32. The summed E-state index contributed by atoms with van der Waals surface area (Å²) in [5.41, 5.74) is 4.40. The molecule has 2 aromatic carbocycles. The van der Waals surface area contributed by atoms with Crippen LogP contribution < -0.4 is 5.32 Å². The van der Waals surface area contributed by atoms with Crippen LogP contribution >= 0.6 is 11.3 Å². The minimum absolute atomic E-state index is 0.128. The average Bonchev–Trinajstić information content (AvgIpc) is 3.53. The molecular weight excluding hydrogens is 474 g/mol. The van der Waals surface area contributed by atoms with Crippen molar-refractivity contribution in [2.75, 3.05) is 31.5 Å². The number of nitrogens with zero attached hydrogens (tertiary/aromatic N) is 3. The second kappa shape index (κ2) is 10.2. The molecule has 9 heteroatoms. The standard InChI is InChI=1S/C27H25N5O3S/c1-18-10-15-36-25(18)26(34)28-24-16-20(27(35)32-13-11-31(17-33)12-14-32)7-6-19(24)8-9-23-21-4-2-3-5-22(21)29-30-23/h2-10,15-17H,11-14H2,1H3,(H,28,34)(H,29,30). The molecule has 0 saturated carbocycles. The molecule has 5 rings (SSSR count). The highest BCUT2D eigenvalue weighted by atomic mass is 32.1. The van der Waals surface area contributed by atoms with Gasteiger partial charge in [0.25, 0.3) is 11.8 Å². The fourth-order valence-electron chi connectivity index (χ4n) is 4.22. The Morgan fingerprint density at radius 2 is 1.86 bits per heavy atom. The van der Waals surface area contributed by atoms with Gasteiger partial charge in [0, 0.05) is 42.8 Å². The maximum Gasteiger partial charge on any atom is 0.266 e. The van der Waals surface area contributed by atoms with E-state index in [4.69, 9.17) is 0 Å². The lowest BCUT2D eigenvalue weighted by Crippen LogP contribution is -2.48. The van der Waals surface area contributed by atoms with Crippen LogP contribution in [0.1, 0.15) is 36.9 Å². The zero-order valence-corrected chi connectivity index (χ0v) is 20.5. The maximum absolute atomic E-state index is 13.2. The lowest BCUT2D eigenvalue weighted by molar-refractivity contribution is -0.119. The first kappa shape index (κ1) is 23.5. The molecule has 8 nitrogen and oxygen atoms in total. The Morgan fingerprint density at radius 1 is 1.06 bits per heavy atom. The lowest BCUT2D eigenvalue weighted by atomic mass is 10.1. The van der Waals surface area contributed by atoms with Gasteiger partial charge in [-0.05, 0) is 53.8 Å². The van der Waals surface area contributed by atoms with Gasteiger partial charge in [-0.1, -0.05) is 30.3 Å². The predicted molar refractivity (Wildman–Crippen MR) is 142 cm³/mol. The minimum Gasteiger partial charge on any atom is -0.342 e. The number of nitrogens with one attached hydrogen (secondary N) is 2. The fourth-order valence-corrected chi connectivity index (χ4v) is 5.04. The quantitative estimate of drug-likeness (QED) is 0.387. The number of anilines is 1. The van der Waals surface area contributed by atoms with E-state index < -0.39 is 0 Å². The van der Waals surface area contributed by atoms with Gasteiger partial charge in [0.05, 0.1) is 16.1 Å². The average molecular weight is 500 g/mol. The number of aromatic nitrogens is 2. The fraction of sp³-hybridized carbons (Fsp3) is 0.185. The summed E-state index contributed by atoms with van der Waals surface area (Å²) in [7, 11) is 0. The molecule has 0 aliphatic carbocycles. The number of thiophene rings is 1. The molecule has 3 heterocycles. The van der Waals surface area contributed by atoms with Gasteiger partial charge >= 0.3 is 0 Å². The van der Waals surface area contributed by atoms with Gasteiger partial charge < -0.3 is 15.1 Å². The normalized spacial score (nSPS) is 13.9. The molecule has 2 N–H and O–H groups in total. The zero-order valence-electron chi connectivity index (χ0n) is 19.7. The summed E-state index contributed by atoms with van der Waals surface area (Å²) in [4.78, 5) is 41.2. The third kappa shape index (κ3) is 4.78. The molecule has 2 aromatic heterocycles. The van der Waals surface area contributed by atoms with Gasteiger partial charge in [-0.25, -0.2) is 0 Å². The van der Waals surface area contributed by atoms with Crippen molar-refractivity contribution in [3.05, 3.63) is 81.2 Å². The number of hydrogen-bond donors (Lipinski definition) is 2. The van der Waals surface area contributed by atoms with Gasteiger partial charge in [0.1, 0.15) is 0 Å². The highest BCUT2D eigenvalue weighted by Gasteiger charge is 2.22. The van der Waals surface area contributed by atoms with Crippen LogP contribution in [0.2, 0.25) is 0 Å². The van der Waals surface area contributed by atoms with E-state index in [-0.39, 0.29) is 11.8 Å². The molecule has 0 bridgehead atoms. The van der Waals surface area contributed by atoms with Gasteiger partial charge in [0.2, 0.25) is 6.41 Å². The molecule has 182 valence electrons. The van der Waals surface area contributed by atoms with Crippen molar-refractivity contribution in [3.63, 3.8) is 0 Å². The number of H-pyrrole nitrogens is 1. The molecule has 1 aliphatic rings. The van der Waals surface area contributed by atoms with Crippen molar-refractivity contribution in [2.45, 2.75) is 6.92 Å². The smallest absolute Gasteiger partial charge is 0.266 e. The first-order valence-corrected chi connectivity index (χ1v) is 12.5. The van der Waals surface area contributed by atoms with Crippen molar-refractivity contribution in [2.24, 2.45) is 0 Å². The number of amides is 3. The first-order valence-electron chi connectivity index (χ1n) is 11.6.